The summed E-state index contributed by atoms with van der Waals surface area (Å²) >= 11 is 7.38. The first-order valence-electron chi connectivity index (χ1n) is 5.55. The summed E-state index contributed by atoms with van der Waals surface area (Å²) in [6.07, 6.45) is -0.590. The van der Waals surface area contributed by atoms with E-state index in [4.69, 9.17) is 16.3 Å². The molecule has 1 aliphatic rings. The molecule has 0 aliphatic carbocycles. The average molecular weight is 285 g/mol. The molecule has 0 bridgehead atoms. The highest BCUT2D eigenvalue weighted by atomic mass is 35.5. The number of benzene rings is 1. The molecule has 0 radical (unpaired) electrons. The fourth-order valence-electron chi connectivity index (χ4n) is 1.42. The number of hydrogen-bond acceptors (Lipinski definition) is 4. The van der Waals surface area contributed by atoms with Gasteiger partial charge >= 0.3 is 0 Å². The van der Waals surface area contributed by atoms with Gasteiger partial charge in [-0.25, -0.2) is 0 Å². The van der Waals surface area contributed by atoms with Crippen molar-refractivity contribution in [1.29, 1.82) is 0 Å². The summed E-state index contributed by atoms with van der Waals surface area (Å²) in [5.74, 6) is 1.29. The number of thioether (sulfide) groups is 1. The Morgan fingerprint density at radius 2 is 2.44 bits per heavy atom. The molecule has 1 aliphatic heterocycles. The molecule has 1 N–H and O–H groups in total. The number of carbonyl (C=O) groups excluding carboxylic acids is 1. The minimum atomic E-state index is -0.590. The van der Waals surface area contributed by atoms with Gasteiger partial charge in [-0.3, -0.25) is 9.79 Å². The lowest BCUT2D eigenvalue weighted by Gasteiger charge is -2.14. The Hall–Kier alpha value is -1.20. The number of halogens is 1. The number of carbonyl (C=O) groups is 1. The zero-order chi connectivity index (χ0) is 13.0. The van der Waals surface area contributed by atoms with Crippen molar-refractivity contribution in [2.45, 2.75) is 13.0 Å². The van der Waals surface area contributed by atoms with E-state index in [2.05, 4.69) is 10.3 Å². The molecule has 1 aromatic rings. The van der Waals surface area contributed by atoms with Crippen LogP contribution in [0.4, 0.5) is 0 Å². The van der Waals surface area contributed by atoms with Crippen molar-refractivity contribution in [3.05, 3.63) is 29.3 Å². The summed E-state index contributed by atoms with van der Waals surface area (Å²) in [6, 6.07) is 6.97. The summed E-state index contributed by atoms with van der Waals surface area (Å²) in [5.41, 5.74) is 0. The summed E-state index contributed by atoms with van der Waals surface area (Å²) in [4.78, 5) is 16.0. The number of aliphatic imine (C=N–C) groups is 1. The van der Waals surface area contributed by atoms with Crippen LogP contribution in [-0.2, 0) is 4.79 Å². The van der Waals surface area contributed by atoms with Crippen molar-refractivity contribution in [2.75, 3.05) is 12.3 Å². The highest BCUT2D eigenvalue weighted by Gasteiger charge is 2.18. The normalized spacial score (nSPS) is 16.0. The molecule has 2 rings (SSSR count). The smallest absolute Gasteiger partial charge is 0.266 e. The van der Waals surface area contributed by atoms with Gasteiger partial charge in [0.1, 0.15) is 5.75 Å². The number of amidine groups is 1. The first-order chi connectivity index (χ1) is 8.65. The molecule has 0 unspecified atom stereocenters. The Kier molecular flexibility index (Phi) is 4.49. The minimum Gasteiger partial charge on any atom is -0.481 e. The van der Waals surface area contributed by atoms with Gasteiger partial charge in [-0.2, -0.15) is 0 Å². The maximum atomic E-state index is 11.8. The van der Waals surface area contributed by atoms with E-state index in [-0.39, 0.29) is 5.91 Å². The largest absolute Gasteiger partial charge is 0.481 e. The SMILES string of the molecule is C[C@H](Oc1cccc(Cl)c1)C(=O)NC1=NCCS1. The van der Waals surface area contributed by atoms with E-state index in [1.54, 1.807) is 31.2 Å². The van der Waals surface area contributed by atoms with Gasteiger partial charge < -0.3 is 10.1 Å². The molecule has 0 fully saturated rings. The van der Waals surface area contributed by atoms with Crippen molar-refractivity contribution in [2.24, 2.45) is 4.99 Å². The van der Waals surface area contributed by atoms with E-state index in [1.807, 2.05) is 0 Å². The molecule has 4 nitrogen and oxygen atoms in total. The third-order valence-corrected chi connectivity index (χ3v) is 3.42. The maximum absolute atomic E-state index is 11.8. The second kappa shape index (κ2) is 6.11. The second-order valence-corrected chi connectivity index (χ2v) is 5.26. The van der Waals surface area contributed by atoms with Crippen LogP contribution in [-0.4, -0.2) is 29.5 Å². The Morgan fingerprint density at radius 1 is 1.61 bits per heavy atom. The van der Waals surface area contributed by atoms with Gasteiger partial charge in [0, 0.05) is 10.8 Å². The minimum absolute atomic E-state index is 0.205. The molecule has 18 heavy (non-hydrogen) atoms. The number of hydrogen-bond donors (Lipinski definition) is 1. The Labute approximate surface area is 115 Å². The van der Waals surface area contributed by atoms with Crippen LogP contribution in [0, 0.1) is 0 Å². The van der Waals surface area contributed by atoms with Crippen LogP contribution in [0.2, 0.25) is 5.02 Å². The quantitative estimate of drug-likeness (QED) is 0.927. The van der Waals surface area contributed by atoms with Gasteiger partial charge in [0.15, 0.2) is 11.3 Å². The topological polar surface area (TPSA) is 50.7 Å². The first-order valence-corrected chi connectivity index (χ1v) is 6.92. The average Bonchev–Trinajstić information content (AvgIpc) is 2.81. The van der Waals surface area contributed by atoms with E-state index >= 15 is 0 Å². The number of nitrogens with zero attached hydrogens (tertiary/aromatic N) is 1. The van der Waals surface area contributed by atoms with Crippen LogP contribution in [0.5, 0.6) is 5.75 Å². The van der Waals surface area contributed by atoms with E-state index in [9.17, 15) is 4.79 Å². The first kappa shape index (κ1) is 13.2. The van der Waals surface area contributed by atoms with E-state index in [0.717, 1.165) is 12.3 Å². The highest BCUT2D eigenvalue weighted by molar-refractivity contribution is 8.14. The van der Waals surface area contributed by atoms with Crippen molar-refractivity contribution in [3.63, 3.8) is 0 Å². The zero-order valence-corrected chi connectivity index (χ0v) is 11.4. The lowest BCUT2D eigenvalue weighted by Crippen LogP contribution is -2.38. The molecular weight excluding hydrogens is 272 g/mol. The predicted molar refractivity (Wildman–Crippen MR) is 74.4 cm³/mol. The highest BCUT2D eigenvalue weighted by Crippen LogP contribution is 2.18. The lowest BCUT2D eigenvalue weighted by atomic mass is 10.3. The molecule has 1 atom stereocenters. The Balaban J connectivity index is 1.90. The third kappa shape index (κ3) is 3.65. The van der Waals surface area contributed by atoms with Gasteiger partial charge in [0.25, 0.3) is 5.91 Å². The Bertz CT molecular complexity index is 479. The lowest BCUT2D eigenvalue weighted by molar-refractivity contribution is -0.125. The summed E-state index contributed by atoms with van der Waals surface area (Å²) in [7, 11) is 0. The van der Waals surface area contributed by atoms with Gasteiger partial charge in [0.2, 0.25) is 0 Å². The predicted octanol–water partition coefficient (Wildman–Crippen LogP) is 2.33. The maximum Gasteiger partial charge on any atom is 0.266 e. The fourth-order valence-corrected chi connectivity index (χ4v) is 2.33. The number of rotatable bonds is 3. The van der Waals surface area contributed by atoms with E-state index < -0.39 is 6.10 Å². The Morgan fingerprint density at radius 3 is 3.11 bits per heavy atom. The number of ether oxygens (including phenoxy) is 1. The summed E-state index contributed by atoms with van der Waals surface area (Å²) < 4.78 is 5.51. The van der Waals surface area contributed by atoms with Crippen LogP contribution in [0.1, 0.15) is 6.92 Å². The van der Waals surface area contributed by atoms with E-state index in [1.165, 1.54) is 11.8 Å². The summed E-state index contributed by atoms with van der Waals surface area (Å²) in [6.45, 7) is 2.44. The second-order valence-electron chi connectivity index (χ2n) is 3.74. The standard InChI is InChI=1S/C12H13ClN2O2S/c1-8(11(16)15-12-14-5-6-18-12)17-10-4-2-3-9(13)7-10/h2-4,7-8H,5-6H2,1H3,(H,14,15,16)/t8-/m0/s1. The molecular formula is C12H13ClN2O2S. The molecule has 0 saturated heterocycles. The van der Waals surface area contributed by atoms with Crippen molar-refractivity contribution < 1.29 is 9.53 Å². The van der Waals surface area contributed by atoms with Gasteiger partial charge in [-0.1, -0.05) is 29.4 Å². The van der Waals surface area contributed by atoms with Gasteiger partial charge in [-0.15, -0.1) is 0 Å². The van der Waals surface area contributed by atoms with Crippen LogP contribution in [0.25, 0.3) is 0 Å². The van der Waals surface area contributed by atoms with Crippen LogP contribution in [0.15, 0.2) is 29.3 Å². The summed E-state index contributed by atoms with van der Waals surface area (Å²) in [5, 5.41) is 3.98. The zero-order valence-electron chi connectivity index (χ0n) is 9.85. The number of nitrogens with one attached hydrogen (secondary N) is 1. The van der Waals surface area contributed by atoms with Crippen LogP contribution in [0.3, 0.4) is 0 Å². The van der Waals surface area contributed by atoms with E-state index in [0.29, 0.717) is 15.9 Å². The van der Waals surface area contributed by atoms with Gasteiger partial charge in [-0.05, 0) is 25.1 Å². The molecule has 0 saturated carbocycles. The number of amides is 1. The molecule has 0 aromatic heterocycles. The third-order valence-electron chi connectivity index (χ3n) is 2.29. The fraction of sp³-hybridized carbons (Fsp3) is 0.333. The molecule has 1 aromatic carbocycles. The van der Waals surface area contributed by atoms with Crippen molar-refractivity contribution >= 4 is 34.4 Å². The molecule has 96 valence electrons. The van der Waals surface area contributed by atoms with Crippen LogP contribution >= 0.6 is 23.4 Å². The molecule has 1 amide bonds. The van der Waals surface area contributed by atoms with Crippen molar-refractivity contribution in [1.82, 2.24) is 5.32 Å². The molecule has 0 spiro atoms. The van der Waals surface area contributed by atoms with Crippen LogP contribution < -0.4 is 10.1 Å². The monoisotopic (exact) mass is 284 g/mol. The molecule has 6 heteroatoms. The molecule has 1 heterocycles. The van der Waals surface area contributed by atoms with Crippen molar-refractivity contribution in [3.8, 4) is 5.75 Å². The van der Waals surface area contributed by atoms with Gasteiger partial charge in [0.05, 0.1) is 6.54 Å².